The standard InChI is InChI=1S/C35H32F3N7O9S/c1-21-7-9-24(10-8-21)29-17-30(35(36,37)38)39-44(29)25-11-13-26(14-12-25)55(51,52)40-31(46)15-16-32(47)53-20-23-18-42(19-23)45(50)41-54-22(2)43-33(48)27-5-3-4-6-28(27)34(43)49/h3-14,17,22-23H,15-16,18-20H2,1-2H3,(H,40,46)/b45-41-. The number of carbonyl (C=O) groups excluding carboxylic acids is 4. The lowest BCUT2D eigenvalue weighted by molar-refractivity contribution is -0.728. The maximum atomic E-state index is 13.5. The van der Waals surface area contributed by atoms with Crippen LogP contribution in [0.1, 0.15) is 51.7 Å². The molecule has 1 saturated heterocycles. The number of hydrazine groups is 1. The Hall–Kier alpha value is -6.31. The summed E-state index contributed by atoms with van der Waals surface area (Å²) >= 11 is 0. The molecule has 6 rings (SSSR count). The summed E-state index contributed by atoms with van der Waals surface area (Å²) in [6.45, 7) is 3.36. The monoisotopic (exact) mass is 783 g/mol. The molecule has 2 aliphatic heterocycles. The number of nitrogens with one attached hydrogen (secondary N) is 1. The van der Waals surface area contributed by atoms with E-state index >= 15 is 0 Å². The Morgan fingerprint density at radius 1 is 1.00 bits per heavy atom. The molecule has 0 aliphatic carbocycles. The van der Waals surface area contributed by atoms with Crippen molar-refractivity contribution < 1.29 is 55.3 Å². The van der Waals surface area contributed by atoms with Crippen molar-refractivity contribution in [2.24, 2.45) is 11.2 Å². The van der Waals surface area contributed by atoms with Crippen LogP contribution < -0.4 is 4.72 Å². The van der Waals surface area contributed by atoms with Gasteiger partial charge in [0.15, 0.2) is 5.69 Å². The molecule has 1 fully saturated rings. The van der Waals surface area contributed by atoms with Crippen molar-refractivity contribution in [1.29, 1.82) is 0 Å². The number of imide groups is 1. The van der Waals surface area contributed by atoms with Crippen LogP contribution in [0.25, 0.3) is 16.9 Å². The Labute approximate surface area is 311 Å². The van der Waals surface area contributed by atoms with Crippen LogP contribution in [0.3, 0.4) is 0 Å². The lowest BCUT2D eigenvalue weighted by Crippen LogP contribution is -2.52. The molecule has 0 saturated carbocycles. The molecule has 0 spiro atoms. The molecule has 1 atom stereocenters. The summed E-state index contributed by atoms with van der Waals surface area (Å²) in [5.41, 5.74) is 0.897. The van der Waals surface area contributed by atoms with Crippen molar-refractivity contribution in [3.63, 3.8) is 0 Å². The zero-order valence-corrected chi connectivity index (χ0v) is 29.9. The van der Waals surface area contributed by atoms with Gasteiger partial charge in [0.25, 0.3) is 21.8 Å². The van der Waals surface area contributed by atoms with E-state index in [9.17, 15) is 46.0 Å². The summed E-state index contributed by atoms with van der Waals surface area (Å²) in [6.07, 6.45) is -6.88. The number of sulfonamides is 1. The molecule has 3 aromatic carbocycles. The van der Waals surface area contributed by atoms with E-state index < -0.39 is 64.7 Å². The van der Waals surface area contributed by atoms with Gasteiger partial charge in [-0.1, -0.05) is 42.0 Å². The third-order valence-electron chi connectivity index (χ3n) is 8.66. The summed E-state index contributed by atoms with van der Waals surface area (Å²) in [7, 11) is -4.42. The normalized spacial score (nSPS) is 15.4. The zero-order chi connectivity index (χ0) is 39.7. The van der Waals surface area contributed by atoms with Gasteiger partial charge >= 0.3 is 12.1 Å². The number of halogens is 3. The minimum atomic E-state index is -4.73. The van der Waals surface area contributed by atoms with Crippen LogP contribution >= 0.6 is 0 Å². The number of hydrogen-bond donors (Lipinski definition) is 1. The van der Waals surface area contributed by atoms with E-state index in [1.54, 1.807) is 36.4 Å². The SMILES string of the molecule is Cc1ccc(-c2cc(C(F)(F)F)nn2-c2ccc(S(=O)(=O)NC(=O)CCC(=O)OCC3CN(/[N+]([O-])=N/OC(C)N4C(=O)c5ccccc5C4=O)C3)cc2)cc1. The summed E-state index contributed by atoms with van der Waals surface area (Å²) in [5.74, 6) is -3.22. The Kier molecular flexibility index (Phi) is 10.6. The highest BCUT2D eigenvalue weighted by atomic mass is 32.2. The first-order valence-corrected chi connectivity index (χ1v) is 18.1. The molecule has 3 amide bonds. The molecule has 2 aliphatic rings. The molecule has 0 bridgehead atoms. The molecule has 20 heteroatoms. The number of fused-ring (bicyclic) bond motifs is 1. The molecule has 1 unspecified atom stereocenters. The van der Waals surface area contributed by atoms with Gasteiger partial charge in [0.2, 0.25) is 17.4 Å². The highest BCUT2D eigenvalue weighted by Crippen LogP contribution is 2.33. The summed E-state index contributed by atoms with van der Waals surface area (Å²) in [4.78, 5) is 55.5. The molecule has 16 nitrogen and oxygen atoms in total. The minimum Gasteiger partial charge on any atom is -0.569 e. The van der Waals surface area contributed by atoms with Gasteiger partial charge in [0.1, 0.15) is 0 Å². The average molecular weight is 784 g/mol. The van der Waals surface area contributed by atoms with Gasteiger partial charge in [-0.25, -0.2) is 22.7 Å². The number of alkyl halides is 3. The average Bonchev–Trinajstić information content (AvgIpc) is 3.69. The number of benzene rings is 3. The van der Waals surface area contributed by atoms with E-state index in [1.807, 2.05) is 11.6 Å². The van der Waals surface area contributed by atoms with Crippen LogP contribution in [-0.4, -0.2) is 82.7 Å². The predicted molar refractivity (Wildman–Crippen MR) is 183 cm³/mol. The van der Waals surface area contributed by atoms with Gasteiger partial charge in [-0.3, -0.25) is 19.2 Å². The first kappa shape index (κ1) is 38.4. The second kappa shape index (κ2) is 15.2. The topological polar surface area (TPSA) is 196 Å². The van der Waals surface area contributed by atoms with E-state index in [0.29, 0.717) is 5.56 Å². The van der Waals surface area contributed by atoms with Crippen LogP contribution in [0.2, 0.25) is 0 Å². The quantitative estimate of drug-likeness (QED) is 0.0665. The molecular weight excluding hydrogens is 751 g/mol. The molecule has 3 heterocycles. The molecule has 1 aromatic heterocycles. The number of aryl methyl sites for hydroxylation is 1. The fraction of sp³-hybridized carbons (Fsp3) is 0.286. The Morgan fingerprint density at radius 2 is 1.62 bits per heavy atom. The van der Waals surface area contributed by atoms with Crippen LogP contribution in [-0.2, 0) is 35.4 Å². The van der Waals surface area contributed by atoms with Crippen molar-refractivity contribution in [2.75, 3.05) is 19.7 Å². The fourth-order valence-electron chi connectivity index (χ4n) is 5.70. The van der Waals surface area contributed by atoms with Gasteiger partial charge in [0.05, 0.1) is 58.5 Å². The predicted octanol–water partition coefficient (Wildman–Crippen LogP) is 4.38. The maximum absolute atomic E-state index is 13.5. The van der Waals surface area contributed by atoms with Gasteiger partial charge < -0.3 is 14.8 Å². The molecule has 1 N–H and O–H groups in total. The maximum Gasteiger partial charge on any atom is 0.435 e. The van der Waals surface area contributed by atoms with Gasteiger partial charge in [-0.15, -0.1) is 5.01 Å². The highest BCUT2D eigenvalue weighted by Gasteiger charge is 2.40. The molecular formula is C35H32F3N7O9S. The number of carbonyl (C=O) groups is 4. The van der Waals surface area contributed by atoms with E-state index in [-0.39, 0.29) is 58.0 Å². The second-order valence-electron chi connectivity index (χ2n) is 12.7. The van der Waals surface area contributed by atoms with Crippen LogP contribution in [0.5, 0.6) is 0 Å². The number of nitrogens with zero attached hydrogens (tertiary/aromatic N) is 6. The summed E-state index contributed by atoms with van der Waals surface area (Å²) < 4.78 is 74.4. The van der Waals surface area contributed by atoms with Crippen molar-refractivity contribution in [2.45, 2.75) is 44.0 Å². The third kappa shape index (κ3) is 8.43. The Morgan fingerprint density at radius 3 is 2.22 bits per heavy atom. The van der Waals surface area contributed by atoms with Gasteiger partial charge in [-0.2, -0.15) is 18.3 Å². The molecule has 55 heavy (non-hydrogen) atoms. The first-order valence-electron chi connectivity index (χ1n) is 16.6. The number of esters is 1. The first-order chi connectivity index (χ1) is 26.0. The number of rotatable bonds is 13. The number of aromatic nitrogens is 2. The largest absolute Gasteiger partial charge is 0.569 e. The highest BCUT2D eigenvalue weighted by molar-refractivity contribution is 7.90. The van der Waals surface area contributed by atoms with E-state index in [4.69, 9.17) is 9.57 Å². The number of ether oxygens (including phenoxy) is 1. The van der Waals surface area contributed by atoms with Crippen molar-refractivity contribution in [3.05, 3.63) is 106 Å². The number of amides is 3. The van der Waals surface area contributed by atoms with Gasteiger partial charge in [0, 0.05) is 17.9 Å². The lowest BCUT2D eigenvalue weighted by Gasteiger charge is -2.33. The van der Waals surface area contributed by atoms with E-state index in [1.165, 1.54) is 36.2 Å². The molecule has 288 valence electrons. The van der Waals surface area contributed by atoms with E-state index in [0.717, 1.165) is 33.3 Å². The van der Waals surface area contributed by atoms with Crippen molar-refractivity contribution >= 4 is 33.7 Å². The summed E-state index contributed by atoms with van der Waals surface area (Å²) in [5, 5.41) is 20.6. The van der Waals surface area contributed by atoms with Crippen LogP contribution in [0.15, 0.2) is 89.0 Å². The van der Waals surface area contributed by atoms with E-state index in [2.05, 4.69) is 10.4 Å². The Balaban J connectivity index is 0.942. The van der Waals surface area contributed by atoms with Crippen LogP contribution in [0, 0.1) is 18.0 Å². The fourth-order valence-corrected chi connectivity index (χ4v) is 6.72. The zero-order valence-electron chi connectivity index (χ0n) is 29.1. The smallest absolute Gasteiger partial charge is 0.435 e. The Bertz CT molecular complexity index is 2240. The van der Waals surface area contributed by atoms with Crippen LogP contribution in [0.4, 0.5) is 13.2 Å². The summed E-state index contributed by atoms with van der Waals surface area (Å²) in [6, 6.07) is 18.6. The minimum absolute atomic E-state index is 0.103. The van der Waals surface area contributed by atoms with Crippen molar-refractivity contribution in [3.8, 4) is 16.9 Å². The lowest BCUT2D eigenvalue weighted by atomic mass is 10.0. The van der Waals surface area contributed by atoms with Gasteiger partial charge in [-0.05, 0) is 56.3 Å². The molecule has 0 radical (unpaired) electrons. The molecule has 4 aromatic rings. The number of hydrogen-bond acceptors (Lipinski definition) is 11. The van der Waals surface area contributed by atoms with Crippen molar-refractivity contribution in [1.82, 2.24) is 24.4 Å². The second-order valence-corrected chi connectivity index (χ2v) is 14.4. The third-order valence-corrected chi connectivity index (χ3v) is 10.1.